The molecule has 0 saturated carbocycles. The highest BCUT2D eigenvalue weighted by molar-refractivity contribution is 5.68. The molecular formula is C11H12N4O2. The predicted molar refractivity (Wildman–Crippen MR) is 60.9 cm³/mol. The van der Waals surface area contributed by atoms with E-state index < -0.39 is 0 Å². The largest absolute Gasteiger partial charge is 0.493 e. The second-order valence-electron chi connectivity index (χ2n) is 3.31. The molecule has 6 heteroatoms. The Morgan fingerprint density at radius 1 is 0.941 bits per heavy atom. The lowest BCUT2D eigenvalue weighted by molar-refractivity contribution is 0.356. The first-order valence-corrected chi connectivity index (χ1v) is 5.01. The average molecular weight is 232 g/mol. The van der Waals surface area contributed by atoms with E-state index in [9.17, 15) is 0 Å². The quantitative estimate of drug-likeness (QED) is 0.793. The van der Waals surface area contributed by atoms with Crippen LogP contribution in [0.25, 0.3) is 11.4 Å². The first-order valence-electron chi connectivity index (χ1n) is 5.01. The van der Waals surface area contributed by atoms with Crippen molar-refractivity contribution in [3.8, 4) is 22.9 Å². The Hall–Kier alpha value is -2.24. The summed E-state index contributed by atoms with van der Waals surface area (Å²) in [7, 11) is 3.14. The number of para-hydroxylation sites is 1. The molecule has 0 aliphatic rings. The highest BCUT2D eigenvalue weighted by Gasteiger charge is 2.14. The van der Waals surface area contributed by atoms with Gasteiger partial charge in [0.2, 0.25) is 5.82 Å². The molecule has 0 fully saturated rings. The van der Waals surface area contributed by atoms with E-state index in [1.54, 1.807) is 27.2 Å². The number of aromatic nitrogens is 4. The molecular weight excluding hydrogens is 220 g/mol. The van der Waals surface area contributed by atoms with E-state index in [-0.39, 0.29) is 0 Å². The van der Waals surface area contributed by atoms with Crippen LogP contribution in [0, 0.1) is 6.92 Å². The van der Waals surface area contributed by atoms with Crippen molar-refractivity contribution in [1.82, 2.24) is 20.4 Å². The molecule has 0 aliphatic heterocycles. The number of hydrogen-bond donors (Lipinski definition) is 0. The molecule has 0 bridgehead atoms. The Morgan fingerprint density at radius 3 is 2.24 bits per heavy atom. The summed E-state index contributed by atoms with van der Waals surface area (Å²) >= 11 is 0. The molecule has 0 radical (unpaired) electrons. The maximum absolute atomic E-state index is 5.29. The SMILES string of the molecule is COc1cccc(-c2nnc(C)nn2)c1OC. The van der Waals surface area contributed by atoms with Gasteiger partial charge in [-0.2, -0.15) is 0 Å². The molecule has 0 saturated heterocycles. The summed E-state index contributed by atoms with van der Waals surface area (Å²) in [4.78, 5) is 0. The number of ether oxygens (including phenoxy) is 2. The van der Waals surface area contributed by atoms with Crippen LogP contribution in [-0.2, 0) is 0 Å². The summed E-state index contributed by atoms with van der Waals surface area (Å²) in [5.74, 6) is 2.12. The van der Waals surface area contributed by atoms with E-state index in [1.807, 2.05) is 12.1 Å². The minimum atomic E-state index is 0.409. The topological polar surface area (TPSA) is 70.0 Å². The molecule has 1 aromatic carbocycles. The Bertz CT molecular complexity index is 513. The summed E-state index contributed by atoms with van der Waals surface area (Å²) in [5.41, 5.74) is 0.701. The minimum Gasteiger partial charge on any atom is -0.493 e. The minimum absolute atomic E-state index is 0.409. The van der Waals surface area contributed by atoms with Crippen molar-refractivity contribution in [1.29, 1.82) is 0 Å². The summed E-state index contributed by atoms with van der Waals surface area (Å²) in [6, 6.07) is 5.46. The van der Waals surface area contributed by atoms with E-state index in [4.69, 9.17) is 9.47 Å². The lowest BCUT2D eigenvalue weighted by atomic mass is 10.2. The third kappa shape index (κ3) is 2.15. The fraction of sp³-hybridized carbons (Fsp3) is 0.273. The van der Waals surface area contributed by atoms with Crippen LogP contribution in [0.5, 0.6) is 11.5 Å². The van der Waals surface area contributed by atoms with Crippen molar-refractivity contribution in [2.75, 3.05) is 14.2 Å². The van der Waals surface area contributed by atoms with E-state index in [0.717, 1.165) is 0 Å². The zero-order valence-corrected chi connectivity index (χ0v) is 9.84. The van der Waals surface area contributed by atoms with Gasteiger partial charge in [0.1, 0.15) is 0 Å². The molecule has 2 rings (SSSR count). The smallest absolute Gasteiger partial charge is 0.207 e. The number of hydrogen-bond acceptors (Lipinski definition) is 6. The summed E-state index contributed by atoms with van der Waals surface area (Å²) in [6.45, 7) is 1.73. The number of benzene rings is 1. The van der Waals surface area contributed by atoms with Crippen molar-refractivity contribution in [3.63, 3.8) is 0 Å². The predicted octanol–water partition coefficient (Wildman–Crippen LogP) is 1.26. The first-order chi connectivity index (χ1) is 8.26. The van der Waals surface area contributed by atoms with Crippen molar-refractivity contribution in [3.05, 3.63) is 24.0 Å². The fourth-order valence-corrected chi connectivity index (χ4v) is 1.45. The molecule has 0 amide bonds. The van der Waals surface area contributed by atoms with Crippen LogP contribution in [0.4, 0.5) is 0 Å². The van der Waals surface area contributed by atoms with Gasteiger partial charge in [0.25, 0.3) is 0 Å². The molecule has 0 N–H and O–H groups in total. The van der Waals surface area contributed by atoms with Crippen LogP contribution < -0.4 is 9.47 Å². The third-order valence-electron chi connectivity index (χ3n) is 2.22. The van der Waals surface area contributed by atoms with Crippen molar-refractivity contribution >= 4 is 0 Å². The van der Waals surface area contributed by atoms with Gasteiger partial charge in [0.15, 0.2) is 17.3 Å². The monoisotopic (exact) mass is 232 g/mol. The van der Waals surface area contributed by atoms with Gasteiger partial charge in [0.05, 0.1) is 19.8 Å². The molecule has 0 aliphatic carbocycles. The van der Waals surface area contributed by atoms with Gasteiger partial charge in [-0.3, -0.25) is 0 Å². The van der Waals surface area contributed by atoms with E-state index >= 15 is 0 Å². The van der Waals surface area contributed by atoms with Crippen LogP contribution >= 0.6 is 0 Å². The van der Waals surface area contributed by atoms with Crippen LogP contribution in [0.15, 0.2) is 18.2 Å². The fourth-order valence-electron chi connectivity index (χ4n) is 1.45. The van der Waals surface area contributed by atoms with E-state index in [0.29, 0.717) is 28.7 Å². The first kappa shape index (κ1) is 11.3. The molecule has 1 heterocycles. The number of nitrogens with zero attached hydrogens (tertiary/aromatic N) is 4. The van der Waals surface area contributed by atoms with E-state index in [1.165, 1.54) is 0 Å². The lowest BCUT2D eigenvalue weighted by Crippen LogP contribution is -2.01. The maximum atomic E-state index is 5.29. The van der Waals surface area contributed by atoms with Crippen molar-refractivity contribution < 1.29 is 9.47 Å². The highest BCUT2D eigenvalue weighted by Crippen LogP contribution is 2.35. The Balaban J connectivity index is 2.54. The average Bonchev–Trinajstić information content (AvgIpc) is 2.38. The molecule has 0 unspecified atom stereocenters. The Morgan fingerprint density at radius 2 is 1.65 bits per heavy atom. The summed E-state index contributed by atoms with van der Waals surface area (Å²) in [5, 5.41) is 15.7. The van der Waals surface area contributed by atoms with E-state index in [2.05, 4.69) is 20.4 Å². The van der Waals surface area contributed by atoms with Crippen LogP contribution in [-0.4, -0.2) is 34.6 Å². The van der Waals surface area contributed by atoms with Gasteiger partial charge in [-0.1, -0.05) is 6.07 Å². The standard InChI is InChI=1S/C11H12N4O2/c1-7-12-14-11(15-13-7)8-5-4-6-9(16-2)10(8)17-3/h4-6H,1-3H3. The van der Waals surface area contributed by atoms with Gasteiger partial charge in [0, 0.05) is 0 Å². The number of aryl methyl sites for hydroxylation is 1. The normalized spacial score (nSPS) is 10.1. The van der Waals surface area contributed by atoms with Gasteiger partial charge < -0.3 is 9.47 Å². The third-order valence-corrected chi connectivity index (χ3v) is 2.22. The molecule has 1 aromatic heterocycles. The van der Waals surface area contributed by atoms with Gasteiger partial charge in [-0.15, -0.1) is 20.4 Å². The summed E-state index contributed by atoms with van der Waals surface area (Å²) < 4.78 is 10.5. The Labute approximate surface area is 98.6 Å². The molecule has 0 atom stereocenters. The lowest BCUT2D eigenvalue weighted by Gasteiger charge is -2.10. The van der Waals surface area contributed by atoms with Crippen LogP contribution in [0.1, 0.15) is 5.82 Å². The van der Waals surface area contributed by atoms with Gasteiger partial charge in [-0.25, -0.2) is 0 Å². The van der Waals surface area contributed by atoms with Gasteiger partial charge in [-0.05, 0) is 19.1 Å². The Kier molecular flexibility index (Phi) is 3.13. The second kappa shape index (κ2) is 4.73. The molecule has 17 heavy (non-hydrogen) atoms. The summed E-state index contributed by atoms with van der Waals surface area (Å²) in [6.07, 6.45) is 0. The molecule has 88 valence electrons. The van der Waals surface area contributed by atoms with Gasteiger partial charge >= 0.3 is 0 Å². The zero-order chi connectivity index (χ0) is 12.3. The molecule has 6 nitrogen and oxygen atoms in total. The second-order valence-corrected chi connectivity index (χ2v) is 3.31. The van der Waals surface area contributed by atoms with Crippen LogP contribution in [0.3, 0.4) is 0 Å². The number of rotatable bonds is 3. The van der Waals surface area contributed by atoms with Crippen LogP contribution in [0.2, 0.25) is 0 Å². The highest BCUT2D eigenvalue weighted by atomic mass is 16.5. The number of methoxy groups -OCH3 is 2. The maximum Gasteiger partial charge on any atom is 0.207 e. The zero-order valence-electron chi connectivity index (χ0n) is 9.84. The molecule has 0 spiro atoms. The van der Waals surface area contributed by atoms with Crippen molar-refractivity contribution in [2.24, 2.45) is 0 Å². The molecule has 2 aromatic rings. The van der Waals surface area contributed by atoms with Crippen molar-refractivity contribution in [2.45, 2.75) is 6.92 Å².